The molecular weight excluding hydrogens is 266 g/mol. The summed E-state index contributed by atoms with van der Waals surface area (Å²) in [5.74, 6) is 0.182. The van der Waals surface area contributed by atoms with Crippen LogP contribution in [0.25, 0.3) is 0 Å². The van der Waals surface area contributed by atoms with Crippen LogP contribution in [0.1, 0.15) is 28.9 Å². The van der Waals surface area contributed by atoms with Crippen molar-refractivity contribution in [3.8, 4) is 5.75 Å². The fraction of sp³-hybridized carbons (Fsp3) is 0.176. The van der Waals surface area contributed by atoms with Crippen molar-refractivity contribution in [2.75, 3.05) is 6.61 Å². The smallest absolute Gasteiger partial charge is 0.258 e. The summed E-state index contributed by atoms with van der Waals surface area (Å²) in [6.45, 7) is 1.79. The third kappa shape index (κ3) is 4.18. The predicted molar refractivity (Wildman–Crippen MR) is 80.3 cm³/mol. The van der Waals surface area contributed by atoms with E-state index in [-0.39, 0.29) is 18.6 Å². The van der Waals surface area contributed by atoms with Crippen LogP contribution in [-0.4, -0.2) is 18.8 Å². The molecule has 2 aromatic carbocycles. The molecule has 4 heteroatoms. The van der Waals surface area contributed by atoms with E-state index in [1.54, 1.807) is 24.3 Å². The molecule has 0 aliphatic heterocycles. The zero-order chi connectivity index (χ0) is 15.1. The maximum absolute atomic E-state index is 11.9. The van der Waals surface area contributed by atoms with Gasteiger partial charge in [0.05, 0.1) is 11.6 Å². The molecule has 2 aromatic rings. The summed E-state index contributed by atoms with van der Waals surface area (Å²) in [6, 6.07) is 16.4. The van der Waals surface area contributed by atoms with Crippen molar-refractivity contribution in [3.63, 3.8) is 0 Å². The Labute approximate surface area is 123 Å². The van der Waals surface area contributed by atoms with Crippen molar-refractivity contribution in [2.45, 2.75) is 13.0 Å². The van der Waals surface area contributed by atoms with Crippen LogP contribution in [0.3, 0.4) is 0 Å². The monoisotopic (exact) mass is 283 g/mol. The lowest BCUT2D eigenvalue weighted by Crippen LogP contribution is -2.31. The van der Waals surface area contributed by atoms with Crippen molar-refractivity contribution >= 4 is 12.2 Å². The normalized spacial score (nSPS) is 11.5. The Morgan fingerprint density at radius 2 is 1.81 bits per heavy atom. The van der Waals surface area contributed by atoms with Gasteiger partial charge in [-0.2, -0.15) is 0 Å². The molecule has 2 rings (SSSR count). The minimum Gasteiger partial charge on any atom is -0.483 e. The van der Waals surface area contributed by atoms with E-state index < -0.39 is 0 Å². The first-order valence-electron chi connectivity index (χ1n) is 6.72. The maximum Gasteiger partial charge on any atom is 0.258 e. The summed E-state index contributed by atoms with van der Waals surface area (Å²) in [4.78, 5) is 22.7. The van der Waals surface area contributed by atoms with Gasteiger partial charge < -0.3 is 10.1 Å². The molecule has 1 N–H and O–H groups in total. The third-order valence-corrected chi connectivity index (χ3v) is 3.08. The Kier molecular flexibility index (Phi) is 5.10. The van der Waals surface area contributed by atoms with Crippen LogP contribution in [0.2, 0.25) is 0 Å². The second kappa shape index (κ2) is 7.24. The van der Waals surface area contributed by atoms with E-state index in [0.29, 0.717) is 17.6 Å². The van der Waals surface area contributed by atoms with Gasteiger partial charge in [-0.05, 0) is 24.6 Å². The van der Waals surface area contributed by atoms with Crippen molar-refractivity contribution in [1.29, 1.82) is 0 Å². The summed E-state index contributed by atoms with van der Waals surface area (Å²) in [7, 11) is 0. The number of carbonyl (C=O) groups is 2. The number of rotatable bonds is 6. The Hall–Kier alpha value is -2.62. The van der Waals surface area contributed by atoms with Crippen molar-refractivity contribution < 1.29 is 14.3 Å². The maximum atomic E-state index is 11.9. The number of nitrogens with one attached hydrogen (secondary N) is 1. The van der Waals surface area contributed by atoms with E-state index in [0.717, 1.165) is 5.56 Å². The molecule has 1 amide bonds. The number of hydrogen-bond donors (Lipinski definition) is 1. The molecule has 0 bridgehead atoms. The van der Waals surface area contributed by atoms with E-state index >= 15 is 0 Å². The molecule has 1 atom stereocenters. The average molecular weight is 283 g/mol. The Balaban J connectivity index is 1.89. The minimum atomic E-state index is -0.230. The summed E-state index contributed by atoms with van der Waals surface area (Å²) in [5.41, 5.74) is 1.46. The molecule has 0 aromatic heterocycles. The number of aldehydes is 1. The van der Waals surface area contributed by atoms with Crippen LogP contribution < -0.4 is 10.1 Å². The summed E-state index contributed by atoms with van der Waals surface area (Å²) < 4.78 is 5.38. The van der Waals surface area contributed by atoms with Gasteiger partial charge in [-0.25, -0.2) is 0 Å². The van der Waals surface area contributed by atoms with Gasteiger partial charge >= 0.3 is 0 Å². The van der Waals surface area contributed by atoms with Gasteiger partial charge in [-0.3, -0.25) is 9.59 Å². The molecule has 0 saturated heterocycles. The number of hydrogen-bond acceptors (Lipinski definition) is 3. The van der Waals surface area contributed by atoms with Gasteiger partial charge in [0.1, 0.15) is 5.75 Å². The fourth-order valence-corrected chi connectivity index (χ4v) is 1.96. The van der Waals surface area contributed by atoms with E-state index in [4.69, 9.17) is 4.74 Å². The Bertz CT molecular complexity index is 610. The standard InChI is InChI=1S/C17H17NO3/c1-13(14-7-3-2-4-8-14)18-17(20)12-21-16-10-6-5-9-15(16)11-19/h2-11,13H,12H2,1H3,(H,18,20)/t13-/m0/s1. The molecule has 0 fully saturated rings. The quantitative estimate of drug-likeness (QED) is 0.829. The summed E-state index contributed by atoms with van der Waals surface area (Å²) in [6.07, 6.45) is 0.708. The number of benzene rings is 2. The highest BCUT2D eigenvalue weighted by Crippen LogP contribution is 2.15. The van der Waals surface area contributed by atoms with Crippen LogP contribution in [0.5, 0.6) is 5.75 Å². The molecule has 4 nitrogen and oxygen atoms in total. The van der Waals surface area contributed by atoms with E-state index in [9.17, 15) is 9.59 Å². The van der Waals surface area contributed by atoms with Crippen LogP contribution in [0.15, 0.2) is 54.6 Å². The lowest BCUT2D eigenvalue weighted by atomic mass is 10.1. The lowest BCUT2D eigenvalue weighted by molar-refractivity contribution is -0.123. The molecule has 108 valence electrons. The summed E-state index contributed by atoms with van der Waals surface area (Å²) in [5, 5.41) is 2.85. The van der Waals surface area contributed by atoms with E-state index in [1.807, 2.05) is 37.3 Å². The second-order valence-corrected chi connectivity index (χ2v) is 4.64. The molecular formula is C17H17NO3. The molecule has 0 radical (unpaired) electrons. The first-order valence-corrected chi connectivity index (χ1v) is 6.72. The molecule has 0 aliphatic carbocycles. The highest BCUT2D eigenvalue weighted by molar-refractivity contribution is 5.81. The summed E-state index contributed by atoms with van der Waals surface area (Å²) >= 11 is 0. The first kappa shape index (κ1) is 14.8. The number of carbonyl (C=O) groups excluding carboxylic acids is 2. The fourth-order valence-electron chi connectivity index (χ4n) is 1.96. The largest absolute Gasteiger partial charge is 0.483 e. The number of para-hydroxylation sites is 1. The second-order valence-electron chi connectivity index (χ2n) is 4.64. The van der Waals surface area contributed by atoms with Gasteiger partial charge in [0, 0.05) is 0 Å². The number of ether oxygens (including phenoxy) is 1. The van der Waals surface area contributed by atoms with E-state index in [2.05, 4.69) is 5.32 Å². The zero-order valence-corrected chi connectivity index (χ0v) is 11.8. The molecule has 0 aliphatic rings. The number of amides is 1. The molecule has 0 saturated carbocycles. The van der Waals surface area contributed by atoms with Crippen LogP contribution >= 0.6 is 0 Å². The van der Waals surface area contributed by atoms with Crippen LogP contribution in [-0.2, 0) is 4.79 Å². The van der Waals surface area contributed by atoms with Crippen LogP contribution in [0.4, 0.5) is 0 Å². The molecule has 21 heavy (non-hydrogen) atoms. The Morgan fingerprint density at radius 1 is 1.14 bits per heavy atom. The topological polar surface area (TPSA) is 55.4 Å². The Morgan fingerprint density at radius 3 is 2.52 bits per heavy atom. The van der Waals surface area contributed by atoms with Gasteiger partial charge in [-0.1, -0.05) is 42.5 Å². The highest BCUT2D eigenvalue weighted by Gasteiger charge is 2.10. The lowest BCUT2D eigenvalue weighted by Gasteiger charge is -2.15. The SMILES string of the molecule is C[C@H](NC(=O)COc1ccccc1C=O)c1ccccc1. The molecule has 0 spiro atoms. The van der Waals surface area contributed by atoms with Crippen molar-refractivity contribution in [1.82, 2.24) is 5.32 Å². The predicted octanol–water partition coefficient (Wildman–Crippen LogP) is 2.76. The highest BCUT2D eigenvalue weighted by atomic mass is 16.5. The van der Waals surface area contributed by atoms with Gasteiger partial charge in [0.25, 0.3) is 5.91 Å². The minimum absolute atomic E-state index is 0.0939. The van der Waals surface area contributed by atoms with Crippen molar-refractivity contribution in [2.24, 2.45) is 0 Å². The average Bonchev–Trinajstić information content (AvgIpc) is 2.54. The van der Waals surface area contributed by atoms with Gasteiger partial charge in [-0.15, -0.1) is 0 Å². The third-order valence-electron chi connectivity index (χ3n) is 3.08. The van der Waals surface area contributed by atoms with Crippen molar-refractivity contribution in [3.05, 3.63) is 65.7 Å². The molecule has 0 unspecified atom stereocenters. The van der Waals surface area contributed by atoms with Gasteiger partial charge in [0.15, 0.2) is 12.9 Å². The first-order chi connectivity index (χ1) is 10.2. The zero-order valence-electron chi connectivity index (χ0n) is 11.8. The van der Waals surface area contributed by atoms with Gasteiger partial charge in [0.2, 0.25) is 0 Å². The van der Waals surface area contributed by atoms with E-state index in [1.165, 1.54) is 0 Å². The van der Waals surface area contributed by atoms with Crippen LogP contribution in [0, 0.1) is 0 Å². The molecule has 0 heterocycles.